The SMILES string of the molecule is CCCC1=CC(CCC(=O)NC(CS(=O)(=O)[O-])C(=O)NCCCCC(=O)NC(COP(=O)(O)O)C(=O)NCCCCC(=O)NCCOCCN2C(=O)C=CC2=O)=[N+]2C1=Cc1c(CCC)cc(CCC[N+](C)(C)C)n1[B-]2(F)F. The maximum Gasteiger partial charge on any atom is 0.737 e. The van der Waals surface area contributed by atoms with Crippen molar-refractivity contribution in [3.8, 4) is 0 Å². The van der Waals surface area contributed by atoms with Gasteiger partial charge >= 0.3 is 14.8 Å². The molecule has 0 radical (unpaired) electrons. The first-order valence-corrected chi connectivity index (χ1v) is 29.0. The summed E-state index contributed by atoms with van der Waals surface area (Å²) >= 11 is 0. The summed E-state index contributed by atoms with van der Waals surface area (Å²) in [7, 11) is -4.03. The third-order valence-electron chi connectivity index (χ3n) is 12.6. The summed E-state index contributed by atoms with van der Waals surface area (Å²) in [6.45, 7) is -0.288. The number of nitrogens with one attached hydrogen (secondary N) is 5. The maximum atomic E-state index is 17.1. The van der Waals surface area contributed by atoms with Crippen molar-refractivity contribution in [2.45, 2.75) is 116 Å². The lowest BCUT2D eigenvalue weighted by Crippen LogP contribution is -2.52. The van der Waals surface area contributed by atoms with Crippen LogP contribution >= 0.6 is 7.82 Å². The molecule has 0 saturated heterocycles. The Labute approximate surface area is 448 Å². The number of quaternary nitrogens is 1. The average molecular weight is 1130 g/mol. The van der Waals surface area contributed by atoms with Crippen LogP contribution in [0.1, 0.15) is 108 Å². The van der Waals surface area contributed by atoms with Gasteiger partial charge in [0.2, 0.25) is 29.5 Å². The molecule has 4 heterocycles. The molecule has 77 heavy (non-hydrogen) atoms. The number of nitrogens with zero attached hydrogens (tertiary/aromatic N) is 4. The molecule has 0 aliphatic carbocycles. The minimum absolute atomic E-state index is 0.0243. The molecular weight excluding hydrogens is 1050 g/mol. The van der Waals surface area contributed by atoms with Crippen LogP contribution in [-0.2, 0) is 70.3 Å². The Balaban J connectivity index is 1.25. The number of phosphoric acid groups is 1. The highest BCUT2D eigenvalue weighted by molar-refractivity contribution is 7.85. The van der Waals surface area contributed by atoms with Gasteiger partial charge in [0, 0.05) is 87.3 Å². The van der Waals surface area contributed by atoms with E-state index in [1.807, 2.05) is 41.1 Å². The zero-order valence-electron chi connectivity index (χ0n) is 44.5. The number of carbonyl (C=O) groups excluding carboxylic acids is 7. The van der Waals surface area contributed by atoms with E-state index < -0.39 is 91.2 Å². The second-order valence-corrected chi connectivity index (χ2v) is 22.7. The zero-order valence-corrected chi connectivity index (χ0v) is 46.2. The summed E-state index contributed by atoms with van der Waals surface area (Å²) in [5, 5.41) is 12.2. The number of rotatable bonds is 36. The lowest BCUT2D eigenvalue weighted by Gasteiger charge is -2.32. The molecule has 7 N–H and O–H groups in total. The Morgan fingerprint density at radius 2 is 1.39 bits per heavy atom. The van der Waals surface area contributed by atoms with Gasteiger partial charge in [-0.05, 0) is 62.3 Å². The van der Waals surface area contributed by atoms with Crippen LogP contribution in [0.4, 0.5) is 8.63 Å². The molecule has 3 aliphatic heterocycles. The van der Waals surface area contributed by atoms with Gasteiger partial charge in [0.25, 0.3) is 11.8 Å². The number of hydrogen-bond donors (Lipinski definition) is 7. The number of phosphoric ester groups is 1. The largest absolute Gasteiger partial charge is 0.748 e. The molecule has 0 bridgehead atoms. The van der Waals surface area contributed by atoms with Crippen molar-refractivity contribution >= 4 is 78.0 Å². The van der Waals surface area contributed by atoms with E-state index in [0.29, 0.717) is 72.1 Å². The second-order valence-electron chi connectivity index (χ2n) is 20.1. The number of hydrogen-bond acceptors (Lipinski definition) is 13. The molecule has 0 saturated carbocycles. The number of amides is 7. The van der Waals surface area contributed by atoms with Crippen LogP contribution in [-0.4, -0.2) is 187 Å². The summed E-state index contributed by atoms with van der Waals surface area (Å²) in [6.07, 6.45) is 9.43. The Kier molecular flexibility index (Phi) is 24.5. The Morgan fingerprint density at radius 1 is 0.792 bits per heavy atom. The molecule has 7 amide bonds. The van der Waals surface area contributed by atoms with Gasteiger partial charge in [0.05, 0.1) is 69.9 Å². The van der Waals surface area contributed by atoms with Gasteiger partial charge in [-0.25, -0.2) is 13.0 Å². The molecule has 4 rings (SSSR count). The van der Waals surface area contributed by atoms with E-state index >= 15 is 8.63 Å². The topological polar surface area (TPSA) is 324 Å². The molecule has 2 atom stereocenters. The highest BCUT2D eigenvalue weighted by Crippen LogP contribution is 2.40. The van der Waals surface area contributed by atoms with Crippen molar-refractivity contribution in [1.29, 1.82) is 0 Å². The fourth-order valence-corrected chi connectivity index (χ4v) is 9.92. The lowest BCUT2D eigenvalue weighted by molar-refractivity contribution is -0.870. The van der Waals surface area contributed by atoms with Crippen LogP contribution in [0.15, 0.2) is 35.6 Å². The van der Waals surface area contributed by atoms with Crippen molar-refractivity contribution < 1.29 is 87.7 Å². The van der Waals surface area contributed by atoms with E-state index in [9.17, 15) is 60.9 Å². The van der Waals surface area contributed by atoms with E-state index in [1.165, 1.54) is 0 Å². The highest BCUT2D eigenvalue weighted by atomic mass is 32.2. The standard InChI is InChI=1S/C48H75BF2N9O15PS/c1-6-13-34-29-36(15-12-26-60(3,4)5)58-40(34)31-41-35(14-7-2)30-37(59(41)49(58,50)51)18-19-44(63)56-39(33-77(71,72)73)48(67)54-23-11-9-17-43(62)55-38(32-75-76(68,69)70)47(66)53-22-10-8-16-42(61)52-24-27-74-28-25-57-45(64)20-21-46(57)65/h20-21,29-31,38-39H,6-19,22-28,32-33H2,1-5H3,(H7-,52,53,54,55,56,61,62,63,66,67,68,69,70,71,72,73). The summed E-state index contributed by atoms with van der Waals surface area (Å²) < 4.78 is 93.7. The highest BCUT2D eigenvalue weighted by Gasteiger charge is 2.54. The fraction of sp³-hybridized carbons (Fsp3) is 0.625. The molecule has 3 aliphatic rings. The summed E-state index contributed by atoms with van der Waals surface area (Å²) in [5.74, 6) is -5.94. The van der Waals surface area contributed by atoms with Crippen LogP contribution in [0, 0.1) is 0 Å². The molecule has 0 spiro atoms. The van der Waals surface area contributed by atoms with E-state index in [-0.39, 0.29) is 83.1 Å². The van der Waals surface area contributed by atoms with Crippen molar-refractivity contribution in [1.82, 2.24) is 36.0 Å². The van der Waals surface area contributed by atoms with Crippen molar-refractivity contribution in [3.05, 3.63) is 52.5 Å². The quantitative estimate of drug-likeness (QED) is 0.0123. The number of imide groups is 1. The van der Waals surface area contributed by atoms with Gasteiger partial charge in [0.15, 0.2) is 5.70 Å². The van der Waals surface area contributed by atoms with Gasteiger partial charge in [0.1, 0.15) is 17.8 Å². The summed E-state index contributed by atoms with van der Waals surface area (Å²) in [4.78, 5) is 107. The smallest absolute Gasteiger partial charge is 0.737 e. The molecule has 1 aromatic heterocycles. The van der Waals surface area contributed by atoms with Gasteiger partial charge in [-0.3, -0.25) is 43.0 Å². The lowest BCUT2D eigenvalue weighted by atomic mass is 9.88. The first-order chi connectivity index (χ1) is 36.1. The van der Waals surface area contributed by atoms with E-state index in [0.717, 1.165) is 44.5 Å². The molecule has 24 nitrogen and oxygen atoms in total. The van der Waals surface area contributed by atoms with Crippen LogP contribution < -0.4 is 26.6 Å². The molecule has 2 unspecified atom stereocenters. The zero-order chi connectivity index (χ0) is 57.1. The third-order valence-corrected chi connectivity index (χ3v) is 13.8. The summed E-state index contributed by atoms with van der Waals surface area (Å²) in [6, 6.07) is -1.51. The number of ether oxygens (including phenoxy) is 1. The van der Waals surface area contributed by atoms with Crippen molar-refractivity contribution in [2.24, 2.45) is 0 Å². The third kappa shape index (κ3) is 21.0. The molecule has 29 heteroatoms. The molecule has 430 valence electrons. The summed E-state index contributed by atoms with van der Waals surface area (Å²) in [5.41, 5.74) is 3.05. The predicted molar refractivity (Wildman–Crippen MR) is 278 cm³/mol. The molecular formula is C48H75BF2N9O15PS. The van der Waals surface area contributed by atoms with Gasteiger partial charge in [-0.15, -0.1) is 0 Å². The number of aryl methyl sites for hydroxylation is 2. The number of halogens is 2. The minimum Gasteiger partial charge on any atom is -0.748 e. The Hall–Kier alpha value is -5.48. The number of fused-ring (bicyclic) bond motifs is 2. The van der Waals surface area contributed by atoms with Crippen LogP contribution in [0.2, 0.25) is 0 Å². The van der Waals surface area contributed by atoms with E-state index in [4.69, 9.17) is 4.74 Å². The van der Waals surface area contributed by atoms with Crippen LogP contribution in [0.3, 0.4) is 0 Å². The first-order valence-electron chi connectivity index (χ1n) is 25.9. The molecule has 1 aromatic rings. The van der Waals surface area contributed by atoms with Gasteiger partial charge in [-0.2, -0.15) is 0 Å². The maximum absolute atomic E-state index is 17.1. The van der Waals surface area contributed by atoms with Gasteiger partial charge < -0.3 is 67.7 Å². The number of carbonyl (C=O) groups is 7. The van der Waals surface area contributed by atoms with E-state index in [2.05, 4.69) is 31.1 Å². The fourth-order valence-electron chi connectivity index (χ4n) is 8.94. The van der Waals surface area contributed by atoms with Crippen molar-refractivity contribution in [2.75, 3.05) is 79.4 Å². The first kappa shape index (κ1) is 64.1. The number of unbranched alkanes of at least 4 members (excludes halogenated alkanes) is 2. The number of allylic oxidation sites excluding steroid dienone is 2. The monoisotopic (exact) mass is 1130 g/mol. The predicted octanol–water partition coefficient (Wildman–Crippen LogP) is 0.885. The van der Waals surface area contributed by atoms with Crippen LogP contribution in [0.25, 0.3) is 6.08 Å². The Morgan fingerprint density at radius 3 is 1.99 bits per heavy atom. The van der Waals surface area contributed by atoms with E-state index in [1.54, 1.807) is 12.2 Å². The minimum atomic E-state index is -5.08. The van der Waals surface area contributed by atoms with Crippen LogP contribution in [0.5, 0.6) is 0 Å². The van der Waals surface area contributed by atoms with Gasteiger partial charge in [-0.1, -0.05) is 26.7 Å². The molecule has 0 fully saturated rings. The normalized spacial score (nSPS) is 15.9. The Bertz CT molecular complexity index is 2600. The average Bonchev–Trinajstić information content (AvgIpc) is 3.98. The molecule has 0 aromatic carbocycles. The second kappa shape index (κ2) is 29.5. The van der Waals surface area contributed by atoms with Crippen molar-refractivity contribution in [3.63, 3.8) is 0 Å². The number of aromatic nitrogens is 1.